The molecule has 1 unspecified atom stereocenters. The zero-order valence-corrected chi connectivity index (χ0v) is 14.6. The van der Waals surface area contributed by atoms with Gasteiger partial charge in [0.1, 0.15) is 5.69 Å². The van der Waals surface area contributed by atoms with Crippen LogP contribution in [0, 0.1) is 13.8 Å². The zero-order valence-electron chi connectivity index (χ0n) is 14.6. The smallest absolute Gasteiger partial charge is 0.355 e. The zero-order chi connectivity index (χ0) is 17.9. The number of likely N-dealkylation sites (tertiary alicyclic amines) is 1. The number of ether oxygens (including phenoxy) is 2. The Bertz CT molecular complexity index is 644. The molecule has 1 aliphatic rings. The molecule has 1 N–H and O–H groups in total. The standard InChI is InChI=1S/C17H24N2O5/c1-5-23-17(22)14-10(2)13(11(3)18-14)16(21)24-12(4)15(20)19-8-6-7-9-19/h12,18H,5-9H2,1-4H3. The average Bonchev–Trinajstić information content (AvgIpc) is 3.15. The number of nitrogens with one attached hydrogen (secondary N) is 1. The molecule has 2 heterocycles. The minimum absolute atomic E-state index is 0.183. The minimum atomic E-state index is -0.852. The van der Waals surface area contributed by atoms with Crippen LogP contribution in [-0.2, 0) is 14.3 Å². The van der Waals surface area contributed by atoms with Crippen LogP contribution in [0.2, 0.25) is 0 Å². The Morgan fingerprint density at radius 3 is 2.38 bits per heavy atom. The molecule has 1 amide bonds. The van der Waals surface area contributed by atoms with Gasteiger partial charge in [0.2, 0.25) is 0 Å². The molecule has 1 atom stereocenters. The molecule has 1 aromatic rings. The second kappa shape index (κ2) is 7.51. The molecule has 0 bridgehead atoms. The lowest BCUT2D eigenvalue weighted by Gasteiger charge is -2.20. The van der Waals surface area contributed by atoms with Crippen molar-refractivity contribution < 1.29 is 23.9 Å². The van der Waals surface area contributed by atoms with Gasteiger partial charge in [0.25, 0.3) is 5.91 Å². The number of carbonyl (C=O) groups excluding carboxylic acids is 3. The number of hydrogen-bond acceptors (Lipinski definition) is 5. The summed E-state index contributed by atoms with van der Waals surface area (Å²) in [5.74, 6) is -1.31. The molecule has 1 fully saturated rings. The highest BCUT2D eigenvalue weighted by molar-refractivity contribution is 5.99. The Balaban J connectivity index is 2.12. The molecule has 0 radical (unpaired) electrons. The fourth-order valence-electron chi connectivity index (χ4n) is 2.93. The predicted molar refractivity (Wildman–Crippen MR) is 86.9 cm³/mol. The molecular formula is C17H24N2O5. The van der Waals surface area contributed by atoms with Crippen molar-refractivity contribution in [3.05, 3.63) is 22.5 Å². The number of aromatic nitrogens is 1. The lowest BCUT2D eigenvalue weighted by molar-refractivity contribution is -0.138. The van der Waals surface area contributed by atoms with Crippen molar-refractivity contribution in [1.29, 1.82) is 0 Å². The van der Waals surface area contributed by atoms with Crippen LogP contribution in [-0.4, -0.2) is 53.5 Å². The first kappa shape index (κ1) is 18.0. The highest BCUT2D eigenvalue weighted by atomic mass is 16.5. The first-order chi connectivity index (χ1) is 11.4. The molecule has 132 valence electrons. The highest BCUT2D eigenvalue weighted by Crippen LogP contribution is 2.21. The van der Waals surface area contributed by atoms with E-state index in [0.717, 1.165) is 12.8 Å². The van der Waals surface area contributed by atoms with Crippen LogP contribution in [0.1, 0.15) is 58.8 Å². The van der Waals surface area contributed by atoms with E-state index in [2.05, 4.69) is 4.98 Å². The molecule has 7 nitrogen and oxygen atoms in total. The minimum Gasteiger partial charge on any atom is -0.461 e. The number of hydrogen-bond donors (Lipinski definition) is 1. The second-order valence-electron chi connectivity index (χ2n) is 5.93. The Morgan fingerprint density at radius 1 is 1.17 bits per heavy atom. The van der Waals surface area contributed by atoms with Gasteiger partial charge in [-0.3, -0.25) is 4.79 Å². The number of esters is 2. The molecule has 0 saturated carbocycles. The summed E-state index contributed by atoms with van der Waals surface area (Å²) in [6.45, 7) is 8.27. The maximum Gasteiger partial charge on any atom is 0.355 e. The van der Waals surface area contributed by atoms with Crippen molar-refractivity contribution in [1.82, 2.24) is 9.88 Å². The van der Waals surface area contributed by atoms with Crippen LogP contribution < -0.4 is 0 Å². The van der Waals surface area contributed by atoms with Crippen molar-refractivity contribution in [3.8, 4) is 0 Å². The summed E-state index contributed by atoms with van der Waals surface area (Å²) in [6, 6.07) is 0. The van der Waals surface area contributed by atoms with Crippen LogP contribution in [0.5, 0.6) is 0 Å². The van der Waals surface area contributed by atoms with Gasteiger partial charge in [-0.15, -0.1) is 0 Å². The molecule has 1 saturated heterocycles. The first-order valence-corrected chi connectivity index (χ1v) is 8.22. The number of nitrogens with zero attached hydrogens (tertiary/aromatic N) is 1. The third-order valence-corrected chi connectivity index (χ3v) is 4.17. The number of H-pyrrole nitrogens is 1. The van der Waals surface area contributed by atoms with Crippen LogP contribution in [0.15, 0.2) is 0 Å². The molecule has 24 heavy (non-hydrogen) atoms. The van der Waals surface area contributed by atoms with Crippen molar-refractivity contribution in [2.24, 2.45) is 0 Å². The number of aromatic amines is 1. The van der Waals surface area contributed by atoms with Crippen molar-refractivity contribution in [2.75, 3.05) is 19.7 Å². The topological polar surface area (TPSA) is 88.7 Å². The molecular weight excluding hydrogens is 312 g/mol. The molecule has 0 spiro atoms. The Hall–Kier alpha value is -2.31. The van der Waals surface area contributed by atoms with E-state index in [1.807, 2.05) is 0 Å². The summed E-state index contributed by atoms with van der Waals surface area (Å²) >= 11 is 0. The second-order valence-corrected chi connectivity index (χ2v) is 5.93. The summed E-state index contributed by atoms with van der Waals surface area (Å²) in [4.78, 5) is 41.2. The summed E-state index contributed by atoms with van der Waals surface area (Å²) in [5.41, 5.74) is 1.50. The molecule has 1 aliphatic heterocycles. The molecule has 0 aromatic carbocycles. The maximum atomic E-state index is 12.4. The van der Waals surface area contributed by atoms with Crippen LogP contribution in [0.4, 0.5) is 0 Å². The number of rotatable bonds is 5. The van der Waals surface area contributed by atoms with E-state index in [1.54, 1.807) is 32.6 Å². The van der Waals surface area contributed by atoms with Crippen LogP contribution >= 0.6 is 0 Å². The van der Waals surface area contributed by atoms with Gasteiger partial charge in [-0.2, -0.15) is 0 Å². The van der Waals surface area contributed by atoms with Crippen LogP contribution in [0.3, 0.4) is 0 Å². The molecule has 2 rings (SSSR count). The predicted octanol–water partition coefficient (Wildman–Crippen LogP) is 1.98. The molecule has 7 heteroatoms. The number of amides is 1. The van der Waals surface area contributed by atoms with Crippen molar-refractivity contribution in [2.45, 2.75) is 46.6 Å². The van der Waals surface area contributed by atoms with E-state index in [4.69, 9.17) is 9.47 Å². The van der Waals surface area contributed by atoms with Gasteiger partial charge in [0, 0.05) is 18.8 Å². The molecule has 1 aromatic heterocycles. The first-order valence-electron chi connectivity index (χ1n) is 8.22. The van der Waals surface area contributed by atoms with Gasteiger partial charge in [0.15, 0.2) is 6.10 Å². The summed E-state index contributed by atoms with van der Waals surface area (Å²) in [7, 11) is 0. The summed E-state index contributed by atoms with van der Waals surface area (Å²) in [5, 5.41) is 0. The number of carbonyl (C=O) groups is 3. The van der Waals surface area contributed by atoms with Crippen LogP contribution in [0.25, 0.3) is 0 Å². The normalized spacial score (nSPS) is 15.2. The maximum absolute atomic E-state index is 12.4. The van der Waals surface area contributed by atoms with Gasteiger partial charge in [-0.1, -0.05) is 0 Å². The van der Waals surface area contributed by atoms with E-state index >= 15 is 0 Å². The monoisotopic (exact) mass is 336 g/mol. The van der Waals surface area contributed by atoms with Gasteiger partial charge < -0.3 is 19.4 Å². The van der Waals surface area contributed by atoms with E-state index < -0.39 is 18.0 Å². The Kier molecular flexibility index (Phi) is 5.64. The third-order valence-electron chi connectivity index (χ3n) is 4.17. The lowest BCUT2D eigenvalue weighted by Crippen LogP contribution is -2.38. The van der Waals surface area contributed by atoms with Gasteiger partial charge in [0.05, 0.1) is 12.2 Å². The van der Waals surface area contributed by atoms with E-state index in [-0.39, 0.29) is 23.8 Å². The number of aryl methyl sites for hydroxylation is 1. The fraction of sp³-hybridized carbons (Fsp3) is 0.588. The summed E-state index contributed by atoms with van der Waals surface area (Å²) in [6.07, 6.45) is 1.10. The van der Waals surface area contributed by atoms with E-state index in [9.17, 15) is 14.4 Å². The quantitative estimate of drug-likeness (QED) is 0.831. The largest absolute Gasteiger partial charge is 0.461 e. The van der Waals surface area contributed by atoms with Crippen molar-refractivity contribution in [3.63, 3.8) is 0 Å². The van der Waals surface area contributed by atoms with E-state index in [1.165, 1.54) is 0 Å². The average molecular weight is 336 g/mol. The fourth-order valence-corrected chi connectivity index (χ4v) is 2.93. The SMILES string of the molecule is CCOC(=O)c1[nH]c(C)c(C(=O)OC(C)C(=O)N2CCCC2)c1C. The van der Waals surface area contributed by atoms with Gasteiger partial charge in [-0.05, 0) is 46.1 Å². The highest BCUT2D eigenvalue weighted by Gasteiger charge is 2.29. The van der Waals surface area contributed by atoms with E-state index in [0.29, 0.717) is 24.3 Å². The summed E-state index contributed by atoms with van der Waals surface area (Å²) < 4.78 is 10.3. The Morgan fingerprint density at radius 2 is 1.79 bits per heavy atom. The Labute approximate surface area is 141 Å². The van der Waals surface area contributed by atoms with Gasteiger partial charge in [-0.25, -0.2) is 9.59 Å². The lowest BCUT2D eigenvalue weighted by atomic mass is 10.1. The molecule has 0 aliphatic carbocycles. The third kappa shape index (κ3) is 3.60. The van der Waals surface area contributed by atoms with Gasteiger partial charge >= 0.3 is 11.9 Å². The van der Waals surface area contributed by atoms with Crippen molar-refractivity contribution >= 4 is 17.8 Å².